The lowest BCUT2D eigenvalue weighted by molar-refractivity contribution is 0.00854. The maximum absolute atomic E-state index is 13.1. The molecule has 0 saturated carbocycles. The summed E-state index contributed by atoms with van der Waals surface area (Å²) >= 11 is 0. The molecule has 7 nitrogen and oxygen atoms in total. The van der Waals surface area contributed by atoms with E-state index in [9.17, 15) is 9.59 Å². The Morgan fingerprint density at radius 2 is 1.37 bits per heavy atom. The molecule has 2 fully saturated rings. The molecule has 4 aromatic rings. The molecule has 176 valence electrons. The second-order valence-electron chi connectivity index (χ2n) is 9.22. The molecule has 0 N–H and O–H groups in total. The van der Waals surface area contributed by atoms with Gasteiger partial charge in [0, 0.05) is 61.8 Å². The topological polar surface area (TPSA) is 61.7 Å². The van der Waals surface area contributed by atoms with Crippen molar-refractivity contribution in [2.75, 3.05) is 39.3 Å². The molecule has 35 heavy (non-hydrogen) atoms. The van der Waals surface area contributed by atoms with Gasteiger partial charge in [-0.25, -0.2) is 4.68 Å². The molecule has 3 aromatic carbocycles. The fourth-order valence-corrected chi connectivity index (χ4v) is 5.03. The van der Waals surface area contributed by atoms with Crippen LogP contribution in [0.5, 0.6) is 0 Å². The second kappa shape index (κ2) is 9.00. The first kappa shape index (κ1) is 21.6. The molecule has 0 bridgehead atoms. The summed E-state index contributed by atoms with van der Waals surface area (Å²) < 4.78 is 1.89. The Morgan fingerprint density at radius 3 is 2.09 bits per heavy atom. The van der Waals surface area contributed by atoms with E-state index in [1.807, 2.05) is 99.5 Å². The number of likely N-dealkylation sites (tertiary alicyclic amines) is 1. The van der Waals surface area contributed by atoms with Crippen LogP contribution in [-0.2, 0) is 0 Å². The van der Waals surface area contributed by atoms with Gasteiger partial charge in [-0.05, 0) is 42.5 Å². The van der Waals surface area contributed by atoms with Crippen molar-refractivity contribution in [1.29, 1.82) is 0 Å². The normalized spacial score (nSPS) is 16.9. The minimum absolute atomic E-state index is 0.0634. The van der Waals surface area contributed by atoms with Crippen LogP contribution in [0.4, 0.5) is 0 Å². The number of rotatable bonds is 4. The monoisotopic (exact) mass is 465 g/mol. The van der Waals surface area contributed by atoms with Crippen molar-refractivity contribution in [2.24, 2.45) is 0 Å². The van der Waals surface area contributed by atoms with Gasteiger partial charge in [-0.3, -0.25) is 14.5 Å². The molecule has 3 heterocycles. The lowest BCUT2D eigenvalue weighted by Crippen LogP contribution is -2.64. The van der Waals surface area contributed by atoms with Gasteiger partial charge in [0.05, 0.1) is 17.4 Å². The summed E-state index contributed by atoms with van der Waals surface area (Å²) in [6.07, 6.45) is 1.81. The molecule has 0 unspecified atom stereocenters. The zero-order valence-electron chi connectivity index (χ0n) is 19.5. The zero-order valence-corrected chi connectivity index (χ0v) is 19.5. The van der Waals surface area contributed by atoms with E-state index in [1.165, 1.54) is 0 Å². The number of hydrogen-bond acceptors (Lipinski definition) is 4. The average molecular weight is 466 g/mol. The number of hydrogen-bond donors (Lipinski definition) is 0. The van der Waals surface area contributed by atoms with Gasteiger partial charge in [0.2, 0.25) is 0 Å². The zero-order chi connectivity index (χ0) is 23.8. The van der Waals surface area contributed by atoms with Gasteiger partial charge in [0.15, 0.2) is 0 Å². The van der Waals surface area contributed by atoms with Crippen LogP contribution in [0.2, 0.25) is 0 Å². The van der Waals surface area contributed by atoms with Crippen molar-refractivity contribution in [3.8, 4) is 5.69 Å². The fraction of sp³-hybridized carbons (Fsp3) is 0.250. The van der Waals surface area contributed by atoms with Crippen LogP contribution >= 0.6 is 0 Å². The van der Waals surface area contributed by atoms with Crippen LogP contribution < -0.4 is 0 Å². The molecule has 0 spiro atoms. The summed E-state index contributed by atoms with van der Waals surface area (Å²) in [5, 5.41) is 5.47. The molecular formula is C28H27N5O2. The third-order valence-electron chi connectivity index (χ3n) is 7.10. The Morgan fingerprint density at radius 1 is 0.714 bits per heavy atom. The van der Waals surface area contributed by atoms with Crippen LogP contribution in [0.25, 0.3) is 16.6 Å². The number of fused-ring (bicyclic) bond motifs is 1. The molecular weight excluding hydrogens is 438 g/mol. The first-order valence-corrected chi connectivity index (χ1v) is 12.1. The number of piperazine rings is 1. The third kappa shape index (κ3) is 4.08. The highest BCUT2D eigenvalue weighted by atomic mass is 16.2. The van der Waals surface area contributed by atoms with Crippen LogP contribution in [0, 0.1) is 0 Å². The number of carbonyl (C=O) groups excluding carboxylic acids is 2. The molecule has 2 saturated heterocycles. The largest absolute Gasteiger partial charge is 0.336 e. The Kier molecular flexibility index (Phi) is 5.54. The van der Waals surface area contributed by atoms with Gasteiger partial charge in [-0.1, -0.05) is 36.4 Å². The minimum atomic E-state index is 0.0634. The Balaban J connectivity index is 1.05. The molecule has 2 aliphatic rings. The predicted octanol–water partition coefficient (Wildman–Crippen LogP) is 3.31. The van der Waals surface area contributed by atoms with E-state index in [-0.39, 0.29) is 11.8 Å². The van der Waals surface area contributed by atoms with Gasteiger partial charge in [-0.15, -0.1) is 0 Å². The third-order valence-corrected chi connectivity index (χ3v) is 7.10. The van der Waals surface area contributed by atoms with E-state index in [1.54, 1.807) is 0 Å². The van der Waals surface area contributed by atoms with Gasteiger partial charge >= 0.3 is 0 Å². The lowest BCUT2D eigenvalue weighted by Gasteiger charge is -2.48. The molecule has 0 aliphatic carbocycles. The lowest BCUT2D eigenvalue weighted by atomic mass is 10.0. The van der Waals surface area contributed by atoms with Crippen molar-refractivity contribution in [1.82, 2.24) is 24.5 Å². The smallest absolute Gasteiger partial charge is 0.253 e. The van der Waals surface area contributed by atoms with E-state index in [0.717, 1.165) is 61.4 Å². The van der Waals surface area contributed by atoms with Crippen molar-refractivity contribution in [3.63, 3.8) is 0 Å². The highest BCUT2D eigenvalue weighted by molar-refractivity contribution is 5.98. The van der Waals surface area contributed by atoms with Crippen molar-refractivity contribution in [3.05, 3.63) is 96.2 Å². The van der Waals surface area contributed by atoms with Crippen molar-refractivity contribution in [2.45, 2.75) is 6.04 Å². The Hall–Kier alpha value is -3.97. The van der Waals surface area contributed by atoms with E-state index in [2.05, 4.69) is 10.00 Å². The highest BCUT2D eigenvalue weighted by Crippen LogP contribution is 2.24. The number of aromatic nitrogens is 2. The van der Waals surface area contributed by atoms with Crippen molar-refractivity contribution >= 4 is 22.7 Å². The quantitative estimate of drug-likeness (QED) is 0.464. The maximum Gasteiger partial charge on any atom is 0.253 e. The highest BCUT2D eigenvalue weighted by Gasteiger charge is 2.37. The first-order chi connectivity index (χ1) is 17.2. The van der Waals surface area contributed by atoms with Gasteiger partial charge in [-0.2, -0.15) is 5.10 Å². The predicted molar refractivity (Wildman–Crippen MR) is 135 cm³/mol. The summed E-state index contributed by atoms with van der Waals surface area (Å²) in [4.78, 5) is 32.0. The summed E-state index contributed by atoms with van der Waals surface area (Å²) in [7, 11) is 0. The maximum atomic E-state index is 13.1. The molecule has 1 aromatic heterocycles. The van der Waals surface area contributed by atoms with Crippen molar-refractivity contribution < 1.29 is 9.59 Å². The molecule has 6 rings (SSSR count). The Labute approximate surface area is 204 Å². The van der Waals surface area contributed by atoms with Crippen LogP contribution in [0.3, 0.4) is 0 Å². The minimum Gasteiger partial charge on any atom is -0.336 e. The molecule has 0 atom stereocenters. The number of amides is 2. The summed E-state index contributed by atoms with van der Waals surface area (Å²) in [6, 6.07) is 25.6. The molecule has 0 radical (unpaired) electrons. The number of carbonyl (C=O) groups is 2. The summed E-state index contributed by atoms with van der Waals surface area (Å²) in [6.45, 7) is 4.59. The van der Waals surface area contributed by atoms with E-state index >= 15 is 0 Å². The molecule has 7 heteroatoms. The second-order valence-corrected chi connectivity index (χ2v) is 9.22. The van der Waals surface area contributed by atoms with Gasteiger partial charge in [0.1, 0.15) is 0 Å². The SMILES string of the molecule is O=C(c1ccccc1)N1CCN(C2CN(C(=O)c3ccc4c(cnn4-c4ccccc4)c3)C2)CC1. The average Bonchev–Trinajstić information content (AvgIpc) is 3.32. The van der Waals surface area contributed by atoms with Crippen LogP contribution in [0.1, 0.15) is 20.7 Å². The number of benzene rings is 3. The Bertz CT molecular complexity index is 1350. The van der Waals surface area contributed by atoms with Crippen LogP contribution in [-0.4, -0.2) is 81.6 Å². The number of nitrogens with zero attached hydrogens (tertiary/aromatic N) is 5. The first-order valence-electron chi connectivity index (χ1n) is 12.1. The summed E-state index contributed by atoms with van der Waals surface area (Å²) in [5.74, 6) is 0.162. The van der Waals surface area contributed by atoms with E-state index < -0.39 is 0 Å². The molecule has 2 amide bonds. The van der Waals surface area contributed by atoms with Gasteiger partial charge < -0.3 is 9.80 Å². The fourth-order valence-electron chi connectivity index (χ4n) is 5.03. The standard InChI is InChI=1S/C28H27N5O2/c34-27(21-7-3-1-4-8-21)31-15-13-30(14-16-31)25-19-32(20-25)28(35)22-11-12-26-23(17-22)18-29-33(26)24-9-5-2-6-10-24/h1-12,17-18,25H,13-16,19-20H2. The van der Waals surface area contributed by atoms with Crippen LogP contribution in [0.15, 0.2) is 85.1 Å². The van der Waals surface area contributed by atoms with E-state index in [0.29, 0.717) is 11.6 Å². The summed E-state index contributed by atoms with van der Waals surface area (Å²) in [5.41, 5.74) is 3.42. The number of para-hydroxylation sites is 1. The molecule has 2 aliphatic heterocycles. The van der Waals surface area contributed by atoms with Gasteiger partial charge in [0.25, 0.3) is 11.8 Å². The van der Waals surface area contributed by atoms with E-state index in [4.69, 9.17) is 0 Å².